The third kappa shape index (κ3) is 2.99. The highest BCUT2D eigenvalue weighted by Crippen LogP contribution is 2.29. The summed E-state index contributed by atoms with van der Waals surface area (Å²) in [6.07, 6.45) is 0.328. The molecule has 0 fully saturated rings. The van der Waals surface area contributed by atoms with Gasteiger partial charge in [-0.3, -0.25) is 4.79 Å². The Labute approximate surface area is 113 Å². The van der Waals surface area contributed by atoms with E-state index in [1.165, 1.54) is 0 Å². The number of hydrogen-bond acceptors (Lipinski definition) is 2. The lowest BCUT2D eigenvalue weighted by Crippen LogP contribution is -1.93. The van der Waals surface area contributed by atoms with Crippen LogP contribution in [0.25, 0.3) is 11.3 Å². The summed E-state index contributed by atoms with van der Waals surface area (Å²) in [6, 6.07) is 9.24. The van der Waals surface area contributed by atoms with Gasteiger partial charge in [0, 0.05) is 10.0 Å². The fourth-order valence-corrected chi connectivity index (χ4v) is 2.02. The minimum atomic E-state index is 0.0863. The van der Waals surface area contributed by atoms with E-state index in [9.17, 15) is 4.79 Å². The molecule has 0 unspecified atom stereocenters. The highest BCUT2D eigenvalue weighted by atomic mass is 79.9. The zero-order valence-electron chi connectivity index (χ0n) is 9.17. The quantitative estimate of drug-likeness (QED) is 0.835. The number of carbonyl (C=O) groups excluding carboxylic acids is 1. The summed E-state index contributed by atoms with van der Waals surface area (Å²) < 4.78 is 6.41. The summed E-state index contributed by atoms with van der Waals surface area (Å²) >= 11 is 9.28. The minimum absolute atomic E-state index is 0.0863. The average molecular weight is 314 g/mol. The fourth-order valence-electron chi connectivity index (χ4n) is 1.52. The van der Waals surface area contributed by atoms with Crippen molar-refractivity contribution in [3.05, 3.63) is 45.6 Å². The van der Waals surface area contributed by atoms with Gasteiger partial charge in [-0.2, -0.15) is 0 Å². The molecule has 0 aliphatic heterocycles. The summed E-state index contributed by atoms with van der Waals surface area (Å²) in [5, 5.41) is 0.657. The van der Waals surface area contributed by atoms with Crippen LogP contribution in [0.1, 0.15) is 12.7 Å². The second-order valence-electron chi connectivity index (χ2n) is 3.77. The van der Waals surface area contributed by atoms with Crippen molar-refractivity contribution in [2.75, 3.05) is 0 Å². The van der Waals surface area contributed by atoms with E-state index in [1.807, 2.05) is 24.3 Å². The van der Waals surface area contributed by atoms with Crippen molar-refractivity contribution in [2.45, 2.75) is 13.3 Å². The van der Waals surface area contributed by atoms with E-state index in [0.29, 0.717) is 17.2 Å². The maximum absolute atomic E-state index is 11.0. The van der Waals surface area contributed by atoms with Crippen LogP contribution >= 0.6 is 27.5 Å². The van der Waals surface area contributed by atoms with Gasteiger partial charge >= 0.3 is 0 Å². The maximum atomic E-state index is 11.0. The van der Waals surface area contributed by atoms with E-state index in [0.717, 1.165) is 15.8 Å². The molecule has 0 saturated heterocycles. The Morgan fingerprint density at radius 2 is 2.12 bits per heavy atom. The smallest absolute Gasteiger partial charge is 0.137 e. The van der Waals surface area contributed by atoms with Gasteiger partial charge in [0.05, 0.1) is 11.4 Å². The third-order valence-corrected chi connectivity index (χ3v) is 3.50. The number of rotatable bonds is 3. The van der Waals surface area contributed by atoms with E-state index >= 15 is 0 Å². The fraction of sp³-hybridized carbons (Fsp3) is 0.154. The lowest BCUT2D eigenvalue weighted by atomic mass is 10.2. The van der Waals surface area contributed by atoms with Crippen LogP contribution in [-0.4, -0.2) is 5.78 Å². The van der Waals surface area contributed by atoms with Crippen LogP contribution in [0.4, 0.5) is 0 Å². The molecule has 2 aromatic rings. The molecule has 4 heteroatoms. The molecule has 17 heavy (non-hydrogen) atoms. The highest BCUT2D eigenvalue weighted by molar-refractivity contribution is 9.10. The van der Waals surface area contributed by atoms with Crippen molar-refractivity contribution >= 4 is 33.3 Å². The van der Waals surface area contributed by atoms with Gasteiger partial charge in [-0.05, 0) is 53.2 Å². The Balaban J connectivity index is 2.30. The second-order valence-corrected chi connectivity index (χ2v) is 5.04. The van der Waals surface area contributed by atoms with Gasteiger partial charge in [0.1, 0.15) is 17.3 Å². The van der Waals surface area contributed by atoms with Crippen LogP contribution in [0.5, 0.6) is 0 Å². The molecule has 0 bridgehead atoms. The van der Waals surface area contributed by atoms with Crippen LogP contribution in [-0.2, 0) is 11.2 Å². The van der Waals surface area contributed by atoms with Crippen molar-refractivity contribution in [3.8, 4) is 11.3 Å². The number of carbonyl (C=O) groups is 1. The van der Waals surface area contributed by atoms with E-state index in [2.05, 4.69) is 15.9 Å². The molecule has 1 aromatic heterocycles. The first-order valence-corrected chi connectivity index (χ1v) is 6.27. The Bertz CT molecular complexity index is 560. The van der Waals surface area contributed by atoms with Crippen molar-refractivity contribution in [3.63, 3.8) is 0 Å². The summed E-state index contributed by atoms with van der Waals surface area (Å²) in [4.78, 5) is 11.0. The molecule has 0 N–H and O–H groups in total. The monoisotopic (exact) mass is 312 g/mol. The first kappa shape index (κ1) is 12.4. The summed E-state index contributed by atoms with van der Waals surface area (Å²) in [6.45, 7) is 1.54. The van der Waals surface area contributed by atoms with Gasteiger partial charge in [0.2, 0.25) is 0 Å². The molecule has 0 atom stereocenters. The molecular formula is C13H10BrClO2. The van der Waals surface area contributed by atoms with Crippen molar-refractivity contribution in [2.24, 2.45) is 0 Å². The van der Waals surface area contributed by atoms with E-state index in [1.54, 1.807) is 13.0 Å². The molecule has 2 nitrogen and oxygen atoms in total. The molecule has 2 rings (SSSR count). The summed E-state index contributed by atoms with van der Waals surface area (Å²) in [5.41, 5.74) is 0.927. The minimum Gasteiger partial charge on any atom is -0.461 e. The Kier molecular flexibility index (Phi) is 3.69. The number of furan rings is 1. The Morgan fingerprint density at radius 1 is 1.35 bits per heavy atom. The van der Waals surface area contributed by atoms with E-state index in [-0.39, 0.29) is 5.78 Å². The lowest BCUT2D eigenvalue weighted by molar-refractivity contribution is -0.116. The SMILES string of the molecule is CC(=O)Cc1ccc(-c2ccc(Cl)c(Br)c2)o1. The number of halogens is 2. The standard InChI is InChI=1S/C13H10BrClO2/c1-8(16)6-10-3-5-13(17-10)9-2-4-12(15)11(14)7-9/h2-5,7H,6H2,1H3. The summed E-state index contributed by atoms with van der Waals surface area (Å²) in [5.74, 6) is 1.50. The molecule has 1 heterocycles. The number of hydrogen-bond donors (Lipinski definition) is 0. The molecule has 0 spiro atoms. The molecule has 1 aromatic carbocycles. The van der Waals surface area contributed by atoms with Gasteiger partial charge in [-0.1, -0.05) is 11.6 Å². The Morgan fingerprint density at radius 3 is 2.76 bits per heavy atom. The Hall–Kier alpha value is -1.06. The zero-order valence-corrected chi connectivity index (χ0v) is 11.5. The number of benzene rings is 1. The number of ketones is 1. The molecule has 0 saturated carbocycles. The molecule has 0 radical (unpaired) electrons. The first-order chi connectivity index (χ1) is 8.06. The van der Waals surface area contributed by atoms with Crippen molar-refractivity contribution < 1.29 is 9.21 Å². The maximum Gasteiger partial charge on any atom is 0.137 e. The predicted molar refractivity (Wildman–Crippen MR) is 71.2 cm³/mol. The highest BCUT2D eigenvalue weighted by Gasteiger charge is 2.08. The van der Waals surface area contributed by atoms with Crippen LogP contribution in [0.2, 0.25) is 5.02 Å². The van der Waals surface area contributed by atoms with Crippen LogP contribution < -0.4 is 0 Å². The van der Waals surface area contributed by atoms with Gasteiger partial charge in [-0.25, -0.2) is 0 Å². The van der Waals surface area contributed by atoms with Crippen LogP contribution in [0, 0.1) is 0 Å². The molecule has 0 aliphatic rings. The normalized spacial score (nSPS) is 10.5. The molecular weight excluding hydrogens is 303 g/mol. The van der Waals surface area contributed by atoms with Gasteiger partial charge in [-0.15, -0.1) is 0 Å². The topological polar surface area (TPSA) is 30.2 Å². The lowest BCUT2D eigenvalue weighted by Gasteiger charge is -2.00. The molecule has 0 amide bonds. The van der Waals surface area contributed by atoms with Crippen molar-refractivity contribution in [1.82, 2.24) is 0 Å². The van der Waals surface area contributed by atoms with Crippen LogP contribution in [0.15, 0.2) is 39.2 Å². The third-order valence-electron chi connectivity index (χ3n) is 2.29. The zero-order chi connectivity index (χ0) is 12.4. The second kappa shape index (κ2) is 5.07. The van der Waals surface area contributed by atoms with Gasteiger partial charge < -0.3 is 4.42 Å². The van der Waals surface area contributed by atoms with Gasteiger partial charge in [0.25, 0.3) is 0 Å². The van der Waals surface area contributed by atoms with Crippen LogP contribution in [0.3, 0.4) is 0 Å². The predicted octanol–water partition coefficient (Wildman–Crippen LogP) is 4.49. The largest absolute Gasteiger partial charge is 0.461 e. The van der Waals surface area contributed by atoms with Crippen molar-refractivity contribution in [1.29, 1.82) is 0 Å². The van der Waals surface area contributed by atoms with E-state index in [4.69, 9.17) is 16.0 Å². The first-order valence-electron chi connectivity index (χ1n) is 5.10. The summed E-state index contributed by atoms with van der Waals surface area (Å²) in [7, 11) is 0. The van der Waals surface area contributed by atoms with Gasteiger partial charge in [0.15, 0.2) is 0 Å². The number of Topliss-reactive ketones (excluding diaryl/α,β-unsaturated/α-hetero) is 1. The average Bonchev–Trinajstić information content (AvgIpc) is 2.69. The van der Waals surface area contributed by atoms with E-state index < -0.39 is 0 Å². The molecule has 0 aliphatic carbocycles. The molecule has 88 valence electrons.